The van der Waals surface area contributed by atoms with Crippen molar-refractivity contribution in [3.63, 3.8) is 0 Å². The van der Waals surface area contributed by atoms with Gasteiger partial charge in [0.05, 0.1) is 13.0 Å². The molecule has 146 valence electrons. The minimum atomic E-state index is -1.43. The minimum Gasteiger partial charge on any atom is -0.466 e. The lowest BCUT2D eigenvalue weighted by atomic mass is 9.82. The van der Waals surface area contributed by atoms with Gasteiger partial charge in [0.1, 0.15) is 0 Å². The van der Waals surface area contributed by atoms with Gasteiger partial charge >= 0.3 is 12.0 Å². The van der Waals surface area contributed by atoms with Crippen LogP contribution in [0.15, 0.2) is 48.5 Å². The number of ether oxygens (including phenoxy) is 1. The Kier molecular flexibility index (Phi) is 5.91. The molecule has 0 saturated carbocycles. The molecule has 28 heavy (non-hydrogen) atoms. The average Bonchev–Trinajstić information content (AvgIpc) is 2.92. The van der Waals surface area contributed by atoms with Crippen LogP contribution in [-0.2, 0) is 19.9 Å². The zero-order valence-electron chi connectivity index (χ0n) is 15.1. The maximum Gasteiger partial charge on any atom is 0.325 e. The van der Waals surface area contributed by atoms with Crippen molar-refractivity contribution in [1.29, 1.82) is 0 Å². The van der Waals surface area contributed by atoms with Crippen molar-refractivity contribution < 1.29 is 19.1 Å². The third-order valence-corrected chi connectivity index (χ3v) is 5.01. The Balaban J connectivity index is 2.01. The topological polar surface area (TPSA) is 75.7 Å². The molecule has 1 saturated heterocycles. The van der Waals surface area contributed by atoms with Gasteiger partial charge in [-0.3, -0.25) is 14.5 Å². The summed E-state index contributed by atoms with van der Waals surface area (Å²) in [7, 11) is 0. The zero-order valence-corrected chi connectivity index (χ0v) is 16.6. The molecule has 2 aromatic carbocycles. The Morgan fingerprint density at radius 3 is 1.96 bits per heavy atom. The van der Waals surface area contributed by atoms with Crippen LogP contribution in [0.4, 0.5) is 4.79 Å². The number of amides is 3. The number of carbonyl (C=O) groups is 3. The van der Waals surface area contributed by atoms with E-state index in [2.05, 4.69) is 5.32 Å². The number of rotatable bonds is 6. The Morgan fingerprint density at radius 1 is 1.00 bits per heavy atom. The van der Waals surface area contributed by atoms with Gasteiger partial charge in [-0.05, 0) is 42.3 Å². The van der Waals surface area contributed by atoms with Crippen LogP contribution in [-0.4, -0.2) is 36.0 Å². The number of nitrogens with one attached hydrogen (secondary N) is 1. The van der Waals surface area contributed by atoms with Crippen molar-refractivity contribution >= 4 is 41.1 Å². The second kappa shape index (κ2) is 8.20. The zero-order chi connectivity index (χ0) is 20.3. The smallest absolute Gasteiger partial charge is 0.325 e. The molecule has 0 bridgehead atoms. The van der Waals surface area contributed by atoms with Gasteiger partial charge in [0.15, 0.2) is 5.54 Å². The van der Waals surface area contributed by atoms with Crippen LogP contribution >= 0.6 is 23.2 Å². The number of esters is 1. The Labute approximate surface area is 172 Å². The second-order valence-corrected chi connectivity index (χ2v) is 7.08. The van der Waals surface area contributed by atoms with Crippen molar-refractivity contribution in [1.82, 2.24) is 10.2 Å². The second-order valence-electron chi connectivity index (χ2n) is 6.21. The highest BCUT2D eigenvalue weighted by molar-refractivity contribution is 6.31. The van der Waals surface area contributed by atoms with Gasteiger partial charge in [0, 0.05) is 16.6 Å². The van der Waals surface area contributed by atoms with Gasteiger partial charge in [0.2, 0.25) is 0 Å². The van der Waals surface area contributed by atoms with Crippen LogP contribution < -0.4 is 5.32 Å². The summed E-state index contributed by atoms with van der Waals surface area (Å²) in [6, 6.07) is 12.7. The summed E-state index contributed by atoms with van der Waals surface area (Å²) >= 11 is 12.0. The van der Waals surface area contributed by atoms with Gasteiger partial charge < -0.3 is 10.1 Å². The van der Waals surface area contributed by atoms with Gasteiger partial charge in [-0.1, -0.05) is 47.5 Å². The molecular weight excluding hydrogens is 403 g/mol. The first-order chi connectivity index (χ1) is 13.4. The molecule has 1 aliphatic rings. The summed E-state index contributed by atoms with van der Waals surface area (Å²) in [4.78, 5) is 38.7. The molecule has 0 aromatic heterocycles. The monoisotopic (exact) mass is 420 g/mol. The van der Waals surface area contributed by atoms with Crippen LogP contribution in [0.2, 0.25) is 10.0 Å². The molecule has 0 unspecified atom stereocenters. The molecule has 0 radical (unpaired) electrons. The van der Waals surface area contributed by atoms with E-state index in [4.69, 9.17) is 27.9 Å². The van der Waals surface area contributed by atoms with Crippen LogP contribution in [0, 0.1) is 0 Å². The quantitative estimate of drug-likeness (QED) is 0.570. The maximum absolute atomic E-state index is 13.4. The van der Waals surface area contributed by atoms with E-state index in [1.165, 1.54) is 0 Å². The first-order valence-corrected chi connectivity index (χ1v) is 9.46. The number of urea groups is 1. The van der Waals surface area contributed by atoms with Crippen molar-refractivity contribution in [2.75, 3.05) is 13.2 Å². The van der Waals surface area contributed by atoms with E-state index in [1.54, 1.807) is 55.5 Å². The molecule has 2 aromatic rings. The molecule has 1 heterocycles. The minimum absolute atomic E-state index is 0.0770. The van der Waals surface area contributed by atoms with Crippen molar-refractivity contribution in [2.24, 2.45) is 0 Å². The highest BCUT2D eigenvalue weighted by Gasteiger charge is 2.53. The molecule has 0 spiro atoms. The fourth-order valence-electron chi connectivity index (χ4n) is 3.17. The van der Waals surface area contributed by atoms with E-state index < -0.39 is 23.4 Å². The molecule has 0 atom stereocenters. The Hall–Kier alpha value is -2.57. The number of carbonyl (C=O) groups excluding carboxylic acids is 3. The predicted molar refractivity (Wildman–Crippen MR) is 105 cm³/mol. The van der Waals surface area contributed by atoms with Crippen molar-refractivity contribution in [3.8, 4) is 0 Å². The van der Waals surface area contributed by atoms with Crippen LogP contribution in [0.5, 0.6) is 0 Å². The number of benzene rings is 2. The van der Waals surface area contributed by atoms with Crippen LogP contribution in [0.3, 0.4) is 0 Å². The highest BCUT2D eigenvalue weighted by atomic mass is 35.5. The largest absolute Gasteiger partial charge is 0.466 e. The maximum atomic E-state index is 13.4. The predicted octanol–water partition coefficient (Wildman–Crippen LogP) is 3.74. The number of imide groups is 1. The molecule has 1 aliphatic heterocycles. The van der Waals surface area contributed by atoms with E-state index in [1.807, 2.05) is 0 Å². The molecule has 1 fully saturated rings. The van der Waals surface area contributed by atoms with Gasteiger partial charge in [-0.15, -0.1) is 0 Å². The fraction of sp³-hybridized carbons (Fsp3) is 0.250. The normalized spacial score (nSPS) is 15.5. The molecule has 1 N–H and O–H groups in total. The summed E-state index contributed by atoms with van der Waals surface area (Å²) in [6.07, 6.45) is -0.0791. The number of hydrogen-bond acceptors (Lipinski definition) is 4. The third kappa shape index (κ3) is 3.70. The van der Waals surface area contributed by atoms with E-state index in [0.717, 1.165) is 4.90 Å². The Morgan fingerprint density at radius 2 is 1.50 bits per heavy atom. The summed E-state index contributed by atoms with van der Waals surface area (Å²) < 4.78 is 4.88. The molecule has 3 amide bonds. The lowest BCUT2D eigenvalue weighted by Crippen LogP contribution is -2.45. The summed E-state index contributed by atoms with van der Waals surface area (Å²) in [5.74, 6) is -0.954. The standard InChI is InChI=1S/C20H18Cl2N2O4/c1-2-28-17(25)11-12-24-18(26)20(23-19(24)27,13-3-7-15(21)8-4-13)14-5-9-16(22)10-6-14/h3-10H,2,11-12H2,1H3,(H,23,27). The van der Waals surface area contributed by atoms with Crippen molar-refractivity contribution in [2.45, 2.75) is 18.9 Å². The Bertz CT molecular complexity index is 852. The SMILES string of the molecule is CCOC(=O)CCN1C(=O)NC(c2ccc(Cl)cc2)(c2ccc(Cl)cc2)C1=O. The molecule has 8 heteroatoms. The molecule has 6 nitrogen and oxygen atoms in total. The molecular formula is C20H18Cl2N2O4. The van der Waals surface area contributed by atoms with E-state index in [0.29, 0.717) is 21.2 Å². The lowest BCUT2D eigenvalue weighted by Gasteiger charge is -2.28. The van der Waals surface area contributed by atoms with Gasteiger partial charge in [-0.2, -0.15) is 0 Å². The summed E-state index contributed by atoms with van der Waals surface area (Å²) in [5, 5.41) is 3.80. The molecule has 0 aliphatic carbocycles. The summed E-state index contributed by atoms with van der Waals surface area (Å²) in [5.41, 5.74) is -0.326. The van der Waals surface area contributed by atoms with E-state index >= 15 is 0 Å². The van der Waals surface area contributed by atoms with Crippen LogP contribution in [0.25, 0.3) is 0 Å². The van der Waals surface area contributed by atoms with E-state index in [-0.39, 0.29) is 19.6 Å². The van der Waals surface area contributed by atoms with Crippen molar-refractivity contribution in [3.05, 3.63) is 69.7 Å². The third-order valence-electron chi connectivity index (χ3n) is 4.50. The first kappa shape index (κ1) is 20.2. The number of nitrogens with zero attached hydrogens (tertiary/aromatic N) is 1. The van der Waals surface area contributed by atoms with Crippen LogP contribution in [0.1, 0.15) is 24.5 Å². The fourth-order valence-corrected chi connectivity index (χ4v) is 3.43. The first-order valence-electron chi connectivity index (χ1n) is 8.70. The van der Waals surface area contributed by atoms with E-state index in [9.17, 15) is 14.4 Å². The van der Waals surface area contributed by atoms with Gasteiger partial charge in [-0.25, -0.2) is 4.79 Å². The highest BCUT2D eigenvalue weighted by Crippen LogP contribution is 2.37. The lowest BCUT2D eigenvalue weighted by molar-refractivity contribution is -0.143. The summed E-state index contributed by atoms with van der Waals surface area (Å²) in [6.45, 7) is 1.85. The molecule has 3 rings (SSSR count). The number of hydrogen-bond donors (Lipinski definition) is 1. The van der Waals surface area contributed by atoms with Gasteiger partial charge in [0.25, 0.3) is 5.91 Å². The number of halogens is 2. The average molecular weight is 421 g/mol.